The summed E-state index contributed by atoms with van der Waals surface area (Å²) in [6.45, 7) is 5.61. The zero-order valence-electron chi connectivity index (χ0n) is 11.8. The van der Waals surface area contributed by atoms with E-state index in [9.17, 15) is 4.79 Å². The molecule has 0 atom stereocenters. The van der Waals surface area contributed by atoms with E-state index in [4.69, 9.17) is 4.98 Å². The molecule has 3 nitrogen and oxygen atoms in total. The number of hydrogen-bond donors (Lipinski definition) is 0. The summed E-state index contributed by atoms with van der Waals surface area (Å²) in [4.78, 5) is 19.3. The number of nitrogens with zero attached hydrogens (tertiary/aromatic N) is 2. The average molecular weight is 278 g/mol. The molecule has 1 aromatic heterocycles. The molecule has 2 aliphatic carbocycles. The van der Waals surface area contributed by atoms with Crippen LogP contribution in [0.4, 0.5) is 5.13 Å². The zero-order chi connectivity index (χ0) is 13.4. The Balaban J connectivity index is 1.79. The fourth-order valence-corrected chi connectivity index (χ4v) is 3.47. The maximum Gasteiger partial charge on any atom is 0.186 e. The maximum absolute atomic E-state index is 11.2. The number of rotatable bonds is 7. The van der Waals surface area contributed by atoms with Gasteiger partial charge in [0.2, 0.25) is 0 Å². The predicted molar refractivity (Wildman–Crippen MR) is 79.3 cm³/mol. The molecule has 0 N–H and O–H groups in total. The van der Waals surface area contributed by atoms with Gasteiger partial charge in [-0.25, -0.2) is 4.98 Å². The lowest BCUT2D eigenvalue weighted by molar-refractivity contribution is 0.112. The first-order valence-corrected chi connectivity index (χ1v) is 8.23. The Labute approximate surface area is 119 Å². The molecule has 0 bridgehead atoms. The maximum atomic E-state index is 11.2. The first-order chi connectivity index (χ1) is 9.19. The third-order valence-corrected chi connectivity index (χ3v) is 4.96. The van der Waals surface area contributed by atoms with Gasteiger partial charge >= 0.3 is 0 Å². The molecule has 0 spiro atoms. The van der Waals surface area contributed by atoms with E-state index in [0.717, 1.165) is 34.5 Å². The van der Waals surface area contributed by atoms with Gasteiger partial charge in [-0.2, -0.15) is 0 Å². The molecular formula is C15H22N2OS. The van der Waals surface area contributed by atoms with E-state index in [-0.39, 0.29) is 0 Å². The minimum atomic E-state index is 0.566. The van der Waals surface area contributed by atoms with Crippen molar-refractivity contribution in [3.63, 3.8) is 0 Å². The van der Waals surface area contributed by atoms with E-state index in [2.05, 4.69) is 18.7 Å². The fourth-order valence-electron chi connectivity index (χ4n) is 2.41. The smallest absolute Gasteiger partial charge is 0.186 e. The Bertz CT molecular complexity index is 461. The largest absolute Gasteiger partial charge is 0.345 e. The summed E-state index contributed by atoms with van der Waals surface area (Å²) in [6, 6.07) is 0.677. The topological polar surface area (TPSA) is 33.2 Å². The van der Waals surface area contributed by atoms with Gasteiger partial charge < -0.3 is 4.90 Å². The normalized spacial score (nSPS) is 18.9. The van der Waals surface area contributed by atoms with E-state index in [1.165, 1.54) is 32.1 Å². The standard InChI is InChI=1S/C15H22N2OS/c1-10(2)7-8-17(12-5-6-12)15-16-14(11-3-4-11)13(9-18)19-15/h9-12H,3-8H2,1-2H3. The van der Waals surface area contributed by atoms with Gasteiger partial charge in [-0.05, 0) is 38.0 Å². The molecule has 3 rings (SSSR count). The van der Waals surface area contributed by atoms with Gasteiger partial charge in [0.1, 0.15) is 0 Å². The van der Waals surface area contributed by atoms with E-state index in [0.29, 0.717) is 12.0 Å². The van der Waals surface area contributed by atoms with Gasteiger partial charge in [0.05, 0.1) is 10.6 Å². The zero-order valence-corrected chi connectivity index (χ0v) is 12.6. The summed E-state index contributed by atoms with van der Waals surface area (Å²) >= 11 is 1.60. The molecule has 0 radical (unpaired) electrons. The predicted octanol–water partition coefficient (Wildman–Crippen LogP) is 3.85. The summed E-state index contributed by atoms with van der Waals surface area (Å²) < 4.78 is 0. The number of anilines is 1. The Hall–Kier alpha value is -0.900. The Morgan fingerprint density at radius 2 is 2.11 bits per heavy atom. The van der Waals surface area contributed by atoms with Crippen LogP contribution in [0.3, 0.4) is 0 Å². The highest BCUT2D eigenvalue weighted by molar-refractivity contribution is 7.17. The minimum Gasteiger partial charge on any atom is -0.345 e. The van der Waals surface area contributed by atoms with Crippen molar-refractivity contribution in [2.45, 2.75) is 57.9 Å². The Kier molecular flexibility index (Phi) is 3.61. The second-order valence-electron chi connectivity index (χ2n) is 6.25. The first kappa shape index (κ1) is 13.1. The third kappa shape index (κ3) is 2.99. The highest BCUT2D eigenvalue weighted by Gasteiger charge is 2.34. The summed E-state index contributed by atoms with van der Waals surface area (Å²) in [7, 11) is 0. The molecule has 0 unspecified atom stereocenters. The van der Waals surface area contributed by atoms with Crippen LogP contribution in [-0.2, 0) is 0 Å². The van der Waals surface area contributed by atoms with Crippen molar-refractivity contribution in [3.05, 3.63) is 10.6 Å². The monoisotopic (exact) mass is 278 g/mol. The molecule has 2 aliphatic rings. The van der Waals surface area contributed by atoms with Crippen LogP contribution in [0.5, 0.6) is 0 Å². The van der Waals surface area contributed by atoms with Gasteiger partial charge in [0, 0.05) is 18.5 Å². The third-order valence-electron chi connectivity index (χ3n) is 3.92. The summed E-state index contributed by atoms with van der Waals surface area (Å²) in [6.07, 6.45) is 7.19. The van der Waals surface area contributed by atoms with Crippen LogP contribution in [0.2, 0.25) is 0 Å². The molecule has 19 heavy (non-hydrogen) atoms. The van der Waals surface area contributed by atoms with Gasteiger partial charge in [-0.1, -0.05) is 25.2 Å². The van der Waals surface area contributed by atoms with Crippen molar-refractivity contribution < 1.29 is 4.79 Å². The van der Waals surface area contributed by atoms with Crippen LogP contribution in [0.1, 0.15) is 67.2 Å². The van der Waals surface area contributed by atoms with E-state index in [1.807, 2.05) is 0 Å². The highest BCUT2D eigenvalue weighted by Crippen LogP contribution is 2.44. The Morgan fingerprint density at radius 3 is 2.63 bits per heavy atom. The van der Waals surface area contributed by atoms with Crippen LogP contribution >= 0.6 is 11.3 Å². The molecule has 0 aliphatic heterocycles. The lowest BCUT2D eigenvalue weighted by atomic mass is 10.1. The van der Waals surface area contributed by atoms with Crippen LogP contribution in [-0.4, -0.2) is 23.9 Å². The lowest BCUT2D eigenvalue weighted by Crippen LogP contribution is -2.27. The van der Waals surface area contributed by atoms with E-state index < -0.39 is 0 Å². The van der Waals surface area contributed by atoms with Crippen molar-refractivity contribution >= 4 is 22.8 Å². The molecule has 1 heterocycles. The van der Waals surface area contributed by atoms with Crippen LogP contribution in [0.15, 0.2) is 0 Å². The van der Waals surface area contributed by atoms with Gasteiger partial charge in [-0.15, -0.1) is 0 Å². The van der Waals surface area contributed by atoms with E-state index >= 15 is 0 Å². The number of hydrogen-bond acceptors (Lipinski definition) is 4. The molecule has 0 saturated heterocycles. The summed E-state index contributed by atoms with van der Waals surface area (Å²) in [5.74, 6) is 1.28. The number of thiazole rings is 1. The molecular weight excluding hydrogens is 256 g/mol. The molecule has 0 amide bonds. The van der Waals surface area contributed by atoms with Gasteiger partial charge in [-0.3, -0.25) is 4.79 Å². The molecule has 104 valence electrons. The number of carbonyl (C=O) groups excluding carboxylic acids is 1. The van der Waals surface area contributed by atoms with Crippen LogP contribution < -0.4 is 4.90 Å². The van der Waals surface area contributed by atoms with Gasteiger partial charge in [0.15, 0.2) is 11.4 Å². The summed E-state index contributed by atoms with van der Waals surface area (Å²) in [5.41, 5.74) is 1.07. The van der Waals surface area contributed by atoms with E-state index in [1.54, 1.807) is 11.3 Å². The number of aldehydes is 1. The summed E-state index contributed by atoms with van der Waals surface area (Å²) in [5, 5.41) is 1.09. The van der Waals surface area contributed by atoms with Crippen molar-refractivity contribution in [3.8, 4) is 0 Å². The average Bonchev–Trinajstić information content (AvgIpc) is 3.27. The SMILES string of the molecule is CC(C)CCN(c1nc(C2CC2)c(C=O)s1)C1CC1. The highest BCUT2D eigenvalue weighted by atomic mass is 32.1. The fraction of sp³-hybridized carbons (Fsp3) is 0.733. The molecule has 1 aromatic rings. The van der Waals surface area contributed by atoms with Gasteiger partial charge in [0.25, 0.3) is 0 Å². The Morgan fingerprint density at radius 1 is 1.37 bits per heavy atom. The second kappa shape index (κ2) is 5.23. The molecule has 0 aromatic carbocycles. The van der Waals surface area contributed by atoms with Crippen LogP contribution in [0.25, 0.3) is 0 Å². The lowest BCUT2D eigenvalue weighted by Gasteiger charge is -2.22. The van der Waals surface area contributed by atoms with Crippen LogP contribution in [0, 0.1) is 5.92 Å². The van der Waals surface area contributed by atoms with Crippen molar-refractivity contribution in [1.82, 2.24) is 4.98 Å². The van der Waals surface area contributed by atoms with Crippen molar-refractivity contribution in [2.75, 3.05) is 11.4 Å². The first-order valence-electron chi connectivity index (χ1n) is 7.41. The molecule has 2 fully saturated rings. The van der Waals surface area contributed by atoms with Crippen molar-refractivity contribution in [1.29, 1.82) is 0 Å². The number of carbonyl (C=O) groups is 1. The number of aromatic nitrogens is 1. The molecule has 2 saturated carbocycles. The second-order valence-corrected chi connectivity index (χ2v) is 7.25. The molecule has 4 heteroatoms. The minimum absolute atomic E-state index is 0.566. The quantitative estimate of drug-likeness (QED) is 0.710. The van der Waals surface area contributed by atoms with Crippen molar-refractivity contribution in [2.24, 2.45) is 5.92 Å².